The summed E-state index contributed by atoms with van der Waals surface area (Å²) in [6.45, 7) is 5.42. The average Bonchev–Trinajstić information content (AvgIpc) is 2.74. The number of aromatic nitrogens is 1. The first-order chi connectivity index (χ1) is 10.9. The number of benzene rings is 1. The molecule has 0 saturated carbocycles. The van der Waals surface area contributed by atoms with Crippen molar-refractivity contribution in [3.05, 3.63) is 52.8 Å². The molecule has 0 bridgehead atoms. The van der Waals surface area contributed by atoms with E-state index in [4.69, 9.17) is 0 Å². The van der Waals surface area contributed by atoms with Crippen LogP contribution < -0.4 is 10.7 Å². The molecule has 6 heteroatoms. The number of carbonyl (C=O) groups is 2. The fourth-order valence-corrected chi connectivity index (χ4v) is 2.18. The molecule has 0 radical (unpaired) electrons. The number of amides is 2. The van der Waals surface area contributed by atoms with Gasteiger partial charge in [0.1, 0.15) is 0 Å². The third kappa shape index (κ3) is 4.06. The standard InChI is InChI=1S/C17H20N4O2/c1-11-8-15(12(2)21(11)4)10-18-20-17(23)14-6-5-7-16(9-14)19-13(3)22/h5-10H,1-4H3,(H,19,22)(H,20,23)/b18-10-. The summed E-state index contributed by atoms with van der Waals surface area (Å²) in [5.74, 6) is -0.519. The molecule has 0 unspecified atom stereocenters. The Bertz CT molecular complexity index is 775. The first-order valence-electron chi connectivity index (χ1n) is 7.22. The lowest BCUT2D eigenvalue weighted by Gasteiger charge is -2.04. The first kappa shape index (κ1) is 16.5. The summed E-state index contributed by atoms with van der Waals surface area (Å²) in [4.78, 5) is 23.1. The van der Waals surface area contributed by atoms with Crippen molar-refractivity contribution in [2.75, 3.05) is 5.32 Å². The van der Waals surface area contributed by atoms with Crippen LogP contribution in [0.4, 0.5) is 5.69 Å². The quantitative estimate of drug-likeness (QED) is 0.672. The van der Waals surface area contributed by atoms with Gasteiger partial charge in [0, 0.05) is 42.2 Å². The van der Waals surface area contributed by atoms with Crippen molar-refractivity contribution in [1.82, 2.24) is 9.99 Å². The van der Waals surface area contributed by atoms with Gasteiger partial charge in [0.2, 0.25) is 5.91 Å². The Labute approximate surface area is 135 Å². The predicted octanol–water partition coefficient (Wildman–Crippen LogP) is 2.36. The number of hydrazone groups is 1. The van der Waals surface area contributed by atoms with Crippen molar-refractivity contribution in [3.63, 3.8) is 0 Å². The summed E-state index contributed by atoms with van der Waals surface area (Å²) in [6.07, 6.45) is 1.62. The fourth-order valence-electron chi connectivity index (χ4n) is 2.18. The van der Waals surface area contributed by atoms with E-state index in [1.54, 1.807) is 30.5 Å². The van der Waals surface area contributed by atoms with Gasteiger partial charge in [0.25, 0.3) is 5.91 Å². The summed E-state index contributed by atoms with van der Waals surface area (Å²) in [5, 5.41) is 6.64. The number of hydrogen-bond donors (Lipinski definition) is 2. The Kier molecular flexibility index (Phi) is 4.95. The van der Waals surface area contributed by atoms with Crippen LogP contribution in [-0.2, 0) is 11.8 Å². The van der Waals surface area contributed by atoms with Gasteiger partial charge in [0.15, 0.2) is 0 Å². The van der Waals surface area contributed by atoms with Gasteiger partial charge in [-0.25, -0.2) is 5.43 Å². The van der Waals surface area contributed by atoms with E-state index < -0.39 is 0 Å². The first-order valence-corrected chi connectivity index (χ1v) is 7.22. The van der Waals surface area contributed by atoms with Gasteiger partial charge >= 0.3 is 0 Å². The smallest absolute Gasteiger partial charge is 0.271 e. The Morgan fingerprint density at radius 3 is 2.57 bits per heavy atom. The SMILES string of the molecule is CC(=O)Nc1cccc(C(=O)N/N=C\c2cc(C)n(C)c2C)c1. The molecular weight excluding hydrogens is 292 g/mol. The number of nitrogens with one attached hydrogen (secondary N) is 2. The molecule has 2 N–H and O–H groups in total. The van der Waals surface area contributed by atoms with Crippen molar-refractivity contribution in [3.8, 4) is 0 Å². The molecule has 0 spiro atoms. The molecule has 1 aromatic heterocycles. The van der Waals surface area contributed by atoms with Crippen molar-refractivity contribution < 1.29 is 9.59 Å². The Morgan fingerprint density at radius 1 is 1.22 bits per heavy atom. The zero-order chi connectivity index (χ0) is 17.0. The number of rotatable bonds is 4. The highest BCUT2D eigenvalue weighted by molar-refractivity contribution is 5.97. The van der Waals surface area contributed by atoms with Crippen molar-refractivity contribution in [1.29, 1.82) is 0 Å². The molecule has 0 aliphatic carbocycles. The largest absolute Gasteiger partial charge is 0.352 e. The Balaban J connectivity index is 2.06. The van der Waals surface area contributed by atoms with Gasteiger partial charge < -0.3 is 9.88 Å². The summed E-state index contributed by atoms with van der Waals surface area (Å²) < 4.78 is 2.06. The summed E-state index contributed by atoms with van der Waals surface area (Å²) in [5.41, 5.74) is 6.65. The highest BCUT2D eigenvalue weighted by Crippen LogP contribution is 2.12. The number of nitrogens with zero attached hydrogens (tertiary/aromatic N) is 2. The molecule has 23 heavy (non-hydrogen) atoms. The highest BCUT2D eigenvalue weighted by atomic mass is 16.2. The fraction of sp³-hybridized carbons (Fsp3) is 0.235. The van der Waals surface area contributed by atoms with E-state index in [-0.39, 0.29) is 11.8 Å². The lowest BCUT2D eigenvalue weighted by Crippen LogP contribution is -2.18. The van der Waals surface area contributed by atoms with E-state index in [0.29, 0.717) is 11.3 Å². The van der Waals surface area contributed by atoms with Gasteiger partial charge in [-0.1, -0.05) is 6.07 Å². The molecule has 0 saturated heterocycles. The van der Waals surface area contributed by atoms with Crippen LogP contribution in [0.1, 0.15) is 34.2 Å². The van der Waals surface area contributed by atoms with Crippen molar-refractivity contribution in [2.45, 2.75) is 20.8 Å². The number of anilines is 1. The van der Waals surface area contributed by atoms with Crippen LogP contribution >= 0.6 is 0 Å². The van der Waals surface area contributed by atoms with Crippen LogP contribution in [0.5, 0.6) is 0 Å². The maximum atomic E-state index is 12.1. The van der Waals surface area contributed by atoms with E-state index in [0.717, 1.165) is 17.0 Å². The van der Waals surface area contributed by atoms with Gasteiger partial charge in [-0.05, 0) is 38.1 Å². The maximum absolute atomic E-state index is 12.1. The second kappa shape index (κ2) is 6.91. The molecule has 1 aromatic carbocycles. The van der Waals surface area contributed by atoms with E-state index in [1.807, 2.05) is 27.0 Å². The van der Waals surface area contributed by atoms with Gasteiger partial charge in [-0.15, -0.1) is 0 Å². The normalized spacial score (nSPS) is 10.8. The van der Waals surface area contributed by atoms with Crippen molar-refractivity contribution >= 4 is 23.7 Å². The Morgan fingerprint density at radius 2 is 1.96 bits per heavy atom. The second-order valence-electron chi connectivity index (χ2n) is 5.35. The van der Waals surface area contributed by atoms with Gasteiger partial charge in [0.05, 0.1) is 6.21 Å². The predicted molar refractivity (Wildman–Crippen MR) is 90.7 cm³/mol. The van der Waals surface area contributed by atoms with Crippen LogP contribution in [0, 0.1) is 13.8 Å². The lowest BCUT2D eigenvalue weighted by molar-refractivity contribution is -0.114. The van der Waals surface area contributed by atoms with E-state index in [9.17, 15) is 9.59 Å². The molecule has 2 amide bonds. The zero-order valence-electron chi connectivity index (χ0n) is 13.7. The molecule has 6 nitrogen and oxygen atoms in total. The van der Waals surface area contributed by atoms with E-state index in [2.05, 4.69) is 20.4 Å². The van der Waals surface area contributed by atoms with Gasteiger partial charge in [-0.3, -0.25) is 9.59 Å². The minimum atomic E-state index is -0.334. The zero-order valence-corrected chi connectivity index (χ0v) is 13.7. The third-order valence-corrected chi connectivity index (χ3v) is 3.63. The highest BCUT2D eigenvalue weighted by Gasteiger charge is 2.07. The average molecular weight is 312 g/mol. The molecule has 0 aliphatic heterocycles. The van der Waals surface area contributed by atoms with E-state index >= 15 is 0 Å². The third-order valence-electron chi connectivity index (χ3n) is 3.63. The van der Waals surface area contributed by atoms with E-state index in [1.165, 1.54) is 6.92 Å². The molecule has 120 valence electrons. The topological polar surface area (TPSA) is 75.5 Å². The molecule has 1 heterocycles. The molecular formula is C17H20N4O2. The van der Waals surface area contributed by atoms with Gasteiger partial charge in [-0.2, -0.15) is 5.10 Å². The number of carbonyl (C=O) groups excluding carboxylic acids is 2. The number of hydrogen-bond acceptors (Lipinski definition) is 3. The van der Waals surface area contributed by atoms with Crippen molar-refractivity contribution in [2.24, 2.45) is 12.1 Å². The molecule has 0 fully saturated rings. The lowest BCUT2D eigenvalue weighted by atomic mass is 10.2. The monoisotopic (exact) mass is 312 g/mol. The summed E-state index contributed by atoms with van der Waals surface area (Å²) >= 11 is 0. The molecule has 0 aliphatic rings. The number of aryl methyl sites for hydroxylation is 1. The Hall–Kier alpha value is -2.89. The molecule has 2 aromatic rings. The minimum Gasteiger partial charge on any atom is -0.352 e. The maximum Gasteiger partial charge on any atom is 0.271 e. The molecule has 0 atom stereocenters. The van der Waals surface area contributed by atoms with Crippen LogP contribution in [0.2, 0.25) is 0 Å². The summed E-state index contributed by atoms with van der Waals surface area (Å²) in [6, 6.07) is 8.69. The second-order valence-corrected chi connectivity index (χ2v) is 5.35. The summed E-state index contributed by atoms with van der Waals surface area (Å²) in [7, 11) is 1.98. The molecule has 2 rings (SSSR count). The van der Waals surface area contributed by atoms with Crippen LogP contribution in [0.15, 0.2) is 35.4 Å². The minimum absolute atomic E-state index is 0.185. The van der Waals surface area contributed by atoms with Crippen LogP contribution in [0.25, 0.3) is 0 Å². The van der Waals surface area contributed by atoms with Crippen LogP contribution in [0.3, 0.4) is 0 Å². The van der Waals surface area contributed by atoms with Crippen LogP contribution in [-0.4, -0.2) is 22.6 Å².